The predicted molar refractivity (Wildman–Crippen MR) is 108 cm³/mol. The van der Waals surface area contributed by atoms with Crippen molar-refractivity contribution in [2.75, 3.05) is 13.1 Å². The Morgan fingerprint density at radius 3 is 2.62 bits per heavy atom. The molecule has 1 amide bonds. The van der Waals surface area contributed by atoms with Crippen molar-refractivity contribution >= 4 is 28.9 Å². The van der Waals surface area contributed by atoms with Gasteiger partial charge in [-0.1, -0.05) is 11.6 Å². The van der Waals surface area contributed by atoms with E-state index in [1.165, 1.54) is 32.1 Å². The molecule has 4 saturated carbocycles. The average Bonchev–Trinajstić information content (AvgIpc) is 3.27. The second-order valence-corrected chi connectivity index (χ2v) is 9.93. The minimum absolute atomic E-state index is 0.0916. The Labute approximate surface area is 173 Å². The summed E-state index contributed by atoms with van der Waals surface area (Å²) in [5.74, 6) is 2.83. The number of fused-ring (bicyclic) bond motifs is 1. The van der Waals surface area contributed by atoms with Crippen LogP contribution >= 0.6 is 11.6 Å². The summed E-state index contributed by atoms with van der Waals surface area (Å²) >= 11 is 5.99. The SMILES string of the molecule is O=C(OC1C2CC3CC(C2)CC1C3)N1CCC(n2c(=O)[nH]c3cc(Cl)cnc32)C1. The number of carbonyl (C=O) groups excluding carboxylic acids is 1. The highest BCUT2D eigenvalue weighted by molar-refractivity contribution is 6.31. The van der Waals surface area contributed by atoms with Gasteiger partial charge >= 0.3 is 11.8 Å². The molecule has 5 fully saturated rings. The molecule has 3 heterocycles. The Hall–Kier alpha value is -2.02. The van der Waals surface area contributed by atoms with Crippen LogP contribution in [-0.4, -0.2) is 44.7 Å². The molecule has 0 aromatic carbocycles. The zero-order chi connectivity index (χ0) is 19.7. The topological polar surface area (TPSA) is 80.2 Å². The van der Waals surface area contributed by atoms with Crippen molar-refractivity contribution in [3.8, 4) is 0 Å². The molecule has 1 aliphatic heterocycles. The molecule has 29 heavy (non-hydrogen) atoms. The zero-order valence-corrected chi connectivity index (χ0v) is 17.0. The number of carbonyl (C=O) groups is 1. The number of nitrogens with one attached hydrogen (secondary N) is 1. The number of imidazole rings is 1. The second-order valence-electron chi connectivity index (χ2n) is 9.49. The molecule has 1 unspecified atom stereocenters. The van der Waals surface area contributed by atoms with Gasteiger partial charge in [0.25, 0.3) is 0 Å². The van der Waals surface area contributed by atoms with Crippen LogP contribution in [0.15, 0.2) is 17.1 Å². The molecule has 0 radical (unpaired) electrons. The third-order valence-electron chi connectivity index (χ3n) is 7.69. The minimum atomic E-state index is -0.214. The van der Waals surface area contributed by atoms with Gasteiger partial charge in [-0.15, -0.1) is 0 Å². The van der Waals surface area contributed by atoms with Gasteiger partial charge < -0.3 is 14.6 Å². The molecule has 1 saturated heterocycles. The summed E-state index contributed by atoms with van der Waals surface area (Å²) in [5.41, 5.74) is 0.994. The van der Waals surface area contributed by atoms with Gasteiger partial charge in [0.15, 0.2) is 5.65 Å². The van der Waals surface area contributed by atoms with E-state index < -0.39 is 0 Å². The summed E-state index contributed by atoms with van der Waals surface area (Å²) < 4.78 is 7.72. The van der Waals surface area contributed by atoms with Crippen molar-refractivity contribution in [3.63, 3.8) is 0 Å². The Kier molecular flexibility index (Phi) is 3.98. The number of aromatic nitrogens is 3. The van der Waals surface area contributed by atoms with Gasteiger partial charge in [-0.3, -0.25) is 4.57 Å². The first kappa shape index (κ1) is 17.8. The minimum Gasteiger partial charge on any atom is -0.446 e. The first-order valence-corrected chi connectivity index (χ1v) is 11.1. The van der Waals surface area contributed by atoms with Crippen molar-refractivity contribution in [1.82, 2.24) is 19.4 Å². The summed E-state index contributed by atoms with van der Waals surface area (Å²) in [5, 5.41) is 0.484. The maximum atomic E-state index is 12.9. The fourth-order valence-electron chi connectivity index (χ4n) is 6.70. The Balaban J connectivity index is 1.17. The van der Waals surface area contributed by atoms with Gasteiger partial charge in [0.1, 0.15) is 6.10 Å². The molecular formula is C21H25ClN4O3. The van der Waals surface area contributed by atoms with Crippen molar-refractivity contribution in [2.24, 2.45) is 23.7 Å². The molecule has 0 spiro atoms. The molecular weight excluding hydrogens is 392 g/mol. The van der Waals surface area contributed by atoms with Crippen molar-refractivity contribution < 1.29 is 9.53 Å². The average molecular weight is 417 g/mol. The summed E-state index contributed by atoms with van der Waals surface area (Å²) in [4.78, 5) is 34.3. The second kappa shape index (κ2) is 6.49. The highest BCUT2D eigenvalue weighted by Gasteiger charge is 2.50. The lowest BCUT2D eigenvalue weighted by Gasteiger charge is -2.53. The predicted octanol–water partition coefficient (Wildman–Crippen LogP) is 3.59. The number of halogens is 1. The standard InChI is InChI=1S/C21H25ClN4O3/c22-15-8-17-19(23-9-15)26(20(27)24-17)16-1-2-25(10-16)21(28)29-18-13-4-11-3-12(6-13)7-14(18)5-11/h8-9,11-14,16,18H,1-7,10H2,(H,24,27). The fourth-order valence-corrected chi connectivity index (χ4v) is 6.86. The maximum Gasteiger partial charge on any atom is 0.410 e. The van der Waals surface area contributed by atoms with Crippen LogP contribution in [0.4, 0.5) is 4.79 Å². The van der Waals surface area contributed by atoms with Crippen LogP contribution in [0.5, 0.6) is 0 Å². The van der Waals surface area contributed by atoms with Crippen LogP contribution in [0, 0.1) is 23.7 Å². The number of ether oxygens (including phenoxy) is 1. The Morgan fingerprint density at radius 2 is 1.90 bits per heavy atom. The third kappa shape index (κ3) is 2.88. The lowest BCUT2D eigenvalue weighted by molar-refractivity contribution is -0.101. The van der Waals surface area contributed by atoms with Crippen molar-refractivity contribution in [2.45, 2.75) is 50.7 Å². The van der Waals surface area contributed by atoms with E-state index in [0.29, 0.717) is 47.5 Å². The highest BCUT2D eigenvalue weighted by Crippen LogP contribution is 2.54. The van der Waals surface area contributed by atoms with Crippen molar-refractivity contribution in [3.05, 3.63) is 27.8 Å². The largest absolute Gasteiger partial charge is 0.446 e. The van der Waals surface area contributed by atoms with Gasteiger partial charge in [0.2, 0.25) is 0 Å². The zero-order valence-electron chi connectivity index (χ0n) is 16.2. The smallest absolute Gasteiger partial charge is 0.410 e. The van der Waals surface area contributed by atoms with E-state index >= 15 is 0 Å². The number of hydrogen-bond acceptors (Lipinski definition) is 4. The van der Waals surface area contributed by atoms with Crippen LogP contribution in [0.25, 0.3) is 11.2 Å². The molecule has 154 valence electrons. The van der Waals surface area contributed by atoms with E-state index in [0.717, 1.165) is 11.8 Å². The number of H-pyrrole nitrogens is 1. The molecule has 2 aromatic heterocycles. The molecule has 1 atom stereocenters. The van der Waals surface area contributed by atoms with Gasteiger partial charge in [0.05, 0.1) is 16.6 Å². The first-order valence-electron chi connectivity index (χ1n) is 10.8. The highest BCUT2D eigenvalue weighted by atomic mass is 35.5. The number of pyridine rings is 1. The number of nitrogens with zero attached hydrogens (tertiary/aromatic N) is 3. The molecule has 5 aliphatic rings. The van der Waals surface area contributed by atoms with Gasteiger partial charge in [-0.05, 0) is 68.3 Å². The molecule has 4 bridgehead atoms. The van der Waals surface area contributed by atoms with E-state index in [-0.39, 0.29) is 23.9 Å². The first-order chi connectivity index (χ1) is 14.0. The van der Waals surface area contributed by atoms with E-state index in [2.05, 4.69) is 9.97 Å². The lowest BCUT2D eigenvalue weighted by atomic mass is 9.55. The summed E-state index contributed by atoms with van der Waals surface area (Å²) in [6.07, 6.45) is 8.44. The normalized spacial score (nSPS) is 35.6. The van der Waals surface area contributed by atoms with E-state index in [1.54, 1.807) is 21.7 Å². The van der Waals surface area contributed by atoms with Crippen molar-refractivity contribution in [1.29, 1.82) is 0 Å². The monoisotopic (exact) mass is 416 g/mol. The number of likely N-dealkylation sites (tertiary alicyclic amines) is 1. The lowest BCUT2D eigenvalue weighted by Crippen LogP contribution is -2.51. The van der Waals surface area contributed by atoms with E-state index in [4.69, 9.17) is 16.3 Å². The molecule has 7 nitrogen and oxygen atoms in total. The van der Waals surface area contributed by atoms with Crippen LogP contribution in [-0.2, 0) is 4.74 Å². The number of amides is 1. The van der Waals surface area contributed by atoms with Crippen LogP contribution < -0.4 is 5.69 Å². The summed E-state index contributed by atoms with van der Waals surface area (Å²) in [6.45, 7) is 1.08. The summed E-state index contributed by atoms with van der Waals surface area (Å²) in [6, 6.07) is 1.60. The molecule has 8 heteroatoms. The molecule has 2 aromatic rings. The Bertz CT molecular complexity index is 1000. The third-order valence-corrected chi connectivity index (χ3v) is 7.89. The molecule has 1 N–H and O–H groups in total. The molecule has 4 aliphatic carbocycles. The summed E-state index contributed by atoms with van der Waals surface area (Å²) in [7, 11) is 0. The molecule has 7 rings (SSSR count). The van der Waals surface area contributed by atoms with Gasteiger partial charge in [-0.2, -0.15) is 0 Å². The van der Waals surface area contributed by atoms with Crippen LogP contribution in [0.2, 0.25) is 5.02 Å². The van der Waals surface area contributed by atoms with Gasteiger partial charge in [0, 0.05) is 19.3 Å². The van der Waals surface area contributed by atoms with E-state index in [9.17, 15) is 9.59 Å². The number of hydrogen-bond donors (Lipinski definition) is 1. The Morgan fingerprint density at radius 1 is 1.17 bits per heavy atom. The number of rotatable bonds is 2. The van der Waals surface area contributed by atoms with Gasteiger partial charge in [-0.25, -0.2) is 14.6 Å². The van der Waals surface area contributed by atoms with Crippen LogP contribution in [0.3, 0.4) is 0 Å². The maximum absolute atomic E-state index is 12.9. The quantitative estimate of drug-likeness (QED) is 0.811. The number of aromatic amines is 1. The van der Waals surface area contributed by atoms with Crippen LogP contribution in [0.1, 0.15) is 44.6 Å². The fraction of sp³-hybridized carbons (Fsp3) is 0.667. The van der Waals surface area contributed by atoms with E-state index in [1.807, 2.05) is 0 Å².